The van der Waals surface area contributed by atoms with E-state index in [0.29, 0.717) is 5.89 Å². The molecule has 0 radical (unpaired) electrons. The van der Waals surface area contributed by atoms with E-state index in [2.05, 4.69) is 11.1 Å². The van der Waals surface area contributed by atoms with Crippen LogP contribution in [0.2, 0.25) is 0 Å². The van der Waals surface area contributed by atoms with Gasteiger partial charge in [-0.1, -0.05) is 0 Å². The second-order valence-corrected chi connectivity index (χ2v) is 5.75. The third kappa shape index (κ3) is 2.03. The highest BCUT2D eigenvalue weighted by atomic mass is 32.1. The van der Waals surface area contributed by atoms with Gasteiger partial charge in [0.25, 0.3) is 0 Å². The fourth-order valence-corrected chi connectivity index (χ4v) is 3.42. The number of hydrogen-bond acceptors (Lipinski definition) is 4. The Kier molecular flexibility index (Phi) is 2.76. The lowest BCUT2D eigenvalue weighted by Crippen LogP contribution is -2.04. The Labute approximate surface area is 105 Å². The van der Waals surface area contributed by atoms with Gasteiger partial charge in [0.05, 0.1) is 17.1 Å². The van der Waals surface area contributed by atoms with Gasteiger partial charge in [0.15, 0.2) is 5.76 Å². The molecule has 2 N–H and O–H groups in total. The minimum absolute atomic E-state index is 0.140. The number of nitrogens with zero attached hydrogens (tertiary/aromatic N) is 1. The van der Waals surface area contributed by atoms with Gasteiger partial charge in [0.2, 0.25) is 5.89 Å². The van der Waals surface area contributed by atoms with Gasteiger partial charge in [-0.3, -0.25) is 0 Å². The Balaban J connectivity index is 1.94. The third-order valence-electron chi connectivity index (χ3n) is 3.15. The highest BCUT2D eigenvalue weighted by molar-refractivity contribution is 7.15. The molecule has 0 saturated carbocycles. The van der Waals surface area contributed by atoms with Crippen molar-refractivity contribution >= 4 is 11.3 Å². The molecule has 3 nitrogen and oxygen atoms in total. The van der Waals surface area contributed by atoms with Gasteiger partial charge in [-0.15, -0.1) is 11.3 Å². The van der Waals surface area contributed by atoms with E-state index in [-0.39, 0.29) is 6.04 Å². The molecule has 2 aromatic rings. The molecule has 1 unspecified atom stereocenters. The Hall–Kier alpha value is -1.13. The SMILES string of the molecule is CC(N)c1ncc(-c2cc3c(s2)CCCC3)o1. The van der Waals surface area contributed by atoms with Gasteiger partial charge in [-0.05, 0) is 44.2 Å². The van der Waals surface area contributed by atoms with Crippen LogP contribution in [0.4, 0.5) is 0 Å². The van der Waals surface area contributed by atoms with Gasteiger partial charge in [0.1, 0.15) is 0 Å². The number of thiophene rings is 1. The lowest BCUT2D eigenvalue weighted by molar-refractivity contribution is 0.474. The van der Waals surface area contributed by atoms with Crippen molar-refractivity contribution in [2.45, 2.75) is 38.6 Å². The summed E-state index contributed by atoms with van der Waals surface area (Å²) in [5.41, 5.74) is 7.25. The largest absolute Gasteiger partial charge is 0.438 e. The summed E-state index contributed by atoms with van der Waals surface area (Å²) in [4.78, 5) is 6.92. The summed E-state index contributed by atoms with van der Waals surface area (Å²) in [5, 5.41) is 0. The second kappa shape index (κ2) is 4.27. The van der Waals surface area contributed by atoms with Crippen molar-refractivity contribution in [2.75, 3.05) is 0 Å². The standard InChI is InChI=1S/C13H16N2OS/c1-8(14)13-15-7-10(16-13)12-6-9-4-2-3-5-11(9)17-12/h6-8H,2-5,14H2,1H3. The molecule has 1 atom stereocenters. The maximum atomic E-state index is 5.75. The van der Waals surface area contributed by atoms with Crippen LogP contribution in [0.25, 0.3) is 10.6 Å². The molecule has 0 aromatic carbocycles. The van der Waals surface area contributed by atoms with Crippen molar-refractivity contribution in [3.05, 3.63) is 28.6 Å². The molecular formula is C13H16N2OS. The molecule has 0 saturated heterocycles. The number of fused-ring (bicyclic) bond motifs is 1. The number of aryl methyl sites for hydroxylation is 2. The molecule has 2 aromatic heterocycles. The normalized spacial score (nSPS) is 16.8. The zero-order valence-electron chi connectivity index (χ0n) is 9.90. The second-order valence-electron chi connectivity index (χ2n) is 4.62. The first-order valence-corrected chi connectivity index (χ1v) is 6.89. The smallest absolute Gasteiger partial charge is 0.211 e. The molecule has 90 valence electrons. The zero-order chi connectivity index (χ0) is 11.8. The minimum atomic E-state index is -0.140. The van der Waals surface area contributed by atoms with Crippen molar-refractivity contribution in [1.29, 1.82) is 0 Å². The number of oxazole rings is 1. The summed E-state index contributed by atoms with van der Waals surface area (Å²) in [6, 6.07) is 2.11. The lowest BCUT2D eigenvalue weighted by Gasteiger charge is -2.08. The molecule has 2 heterocycles. The molecule has 0 amide bonds. The van der Waals surface area contributed by atoms with E-state index in [1.807, 2.05) is 18.3 Å². The zero-order valence-corrected chi connectivity index (χ0v) is 10.7. The van der Waals surface area contributed by atoms with Gasteiger partial charge < -0.3 is 10.2 Å². The molecule has 3 rings (SSSR count). The van der Waals surface area contributed by atoms with Gasteiger partial charge in [-0.2, -0.15) is 0 Å². The van der Waals surface area contributed by atoms with E-state index < -0.39 is 0 Å². The summed E-state index contributed by atoms with van der Waals surface area (Å²) < 4.78 is 5.68. The first-order chi connectivity index (χ1) is 8.24. The van der Waals surface area contributed by atoms with E-state index in [9.17, 15) is 0 Å². The number of rotatable bonds is 2. The molecule has 1 aliphatic rings. The van der Waals surface area contributed by atoms with E-state index in [1.54, 1.807) is 6.20 Å². The molecule has 17 heavy (non-hydrogen) atoms. The van der Waals surface area contributed by atoms with Gasteiger partial charge >= 0.3 is 0 Å². The van der Waals surface area contributed by atoms with Crippen LogP contribution in [0.5, 0.6) is 0 Å². The molecule has 0 bridgehead atoms. The van der Waals surface area contributed by atoms with Crippen LogP contribution in [0.15, 0.2) is 16.7 Å². The molecule has 0 fully saturated rings. The maximum Gasteiger partial charge on any atom is 0.211 e. The molecular weight excluding hydrogens is 232 g/mol. The van der Waals surface area contributed by atoms with Crippen LogP contribution < -0.4 is 5.73 Å². The van der Waals surface area contributed by atoms with Crippen molar-refractivity contribution in [2.24, 2.45) is 5.73 Å². The third-order valence-corrected chi connectivity index (χ3v) is 4.40. The molecule has 0 aliphatic heterocycles. The van der Waals surface area contributed by atoms with Crippen LogP contribution in [-0.4, -0.2) is 4.98 Å². The van der Waals surface area contributed by atoms with Crippen LogP contribution in [0.1, 0.15) is 42.1 Å². The predicted molar refractivity (Wildman–Crippen MR) is 69.1 cm³/mol. The van der Waals surface area contributed by atoms with E-state index in [1.165, 1.54) is 41.0 Å². The number of nitrogens with two attached hydrogens (primary N) is 1. The Morgan fingerprint density at radius 3 is 2.94 bits per heavy atom. The van der Waals surface area contributed by atoms with Crippen LogP contribution >= 0.6 is 11.3 Å². The van der Waals surface area contributed by atoms with E-state index >= 15 is 0 Å². The van der Waals surface area contributed by atoms with E-state index in [0.717, 1.165) is 5.76 Å². The van der Waals surface area contributed by atoms with Gasteiger partial charge in [-0.25, -0.2) is 4.98 Å². The Morgan fingerprint density at radius 1 is 1.41 bits per heavy atom. The summed E-state index contributed by atoms with van der Waals surface area (Å²) >= 11 is 1.84. The molecule has 1 aliphatic carbocycles. The summed E-state index contributed by atoms with van der Waals surface area (Å²) in [7, 11) is 0. The topological polar surface area (TPSA) is 52.0 Å². The average Bonchev–Trinajstić information content (AvgIpc) is 2.95. The fraction of sp³-hybridized carbons (Fsp3) is 0.462. The number of aromatic nitrogens is 1. The highest BCUT2D eigenvalue weighted by Gasteiger charge is 2.17. The summed E-state index contributed by atoms with van der Waals surface area (Å²) in [6.07, 6.45) is 6.84. The maximum absolute atomic E-state index is 5.75. The van der Waals surface area contributed by atoms with Crippen molar-refractivity contribution < 1.29 is 4.42 Å². The molecule has 4 heteroatoms. The minimum Gasteiger partial charge on any atom is -0.438 e. The summed E-state index contributed by atoms with van der Waals surface area (Å²) in [5.74, 6) is 1.48. The van der Waals surface area contributed by atoms with Crippen LogP contribution in [-0.2, 0) is 12.8 Å². The van der Waals surface area contributed by atoms with Gasteiger partial charge in [0, 0.05) is 4.88 Å². The quantitative estimate of drug-likeness (QED) is 0.887. The van der Waals surface area contributed by atoms with E-state index in [4.69, 9.17) is 10.2 Å². The number of hydrogen-bond donors (Lipinski definition) is 1. The van der Waals surface area contributed by atoms with Crippen molar-refractivity contribution in [3.8, 4) is 10.6 Å². The highest BCUT2D eigenvalue weighted by Crippen LogP contribution is 2.36. The monoisotopic (exact) mass is 248 g/mol. The lowest BCUT2D eigenvalue weighted by atomic mass is 9.99. The van der Waals surface area contributed by atoms with Crippen LogP contribution in [0.3, 0.4) is 0 Å². The van der Waals surface area contributed by atoms with Crippen molar-refractivity contribution in [3.63, 3.8) is 0 Å². The Morgan fingerprint density at radius 2 is 2.24 bits per heavy atom. The average molecular weight is 248 g/mol. The van der Waals surface area contributed by atoms with Crippen LogP contribution in [0, 0.1) is 0 Å². The molecule has 0 spiro atoms. The summed E-state index contributed by atoms with van der Waals surface area (Å²) in [6.45, 7) is 1.88. The first kappa shape index (κ1) is 11.0. The fourth-order valence-electron chi connectivity index (χ4n) is 2.22. The van der Waals surface area contributed by atoms with Crippen molar-refractivity contribution in [1.82, 2.24) is 4.98 Å². The Bertz CT molecular complexity index is 504. The predicted octanol–water partition coefficient (Wildman–Crippen LogP) is 3.30. The first-order valence-electron chi connectivity index (χ1n) is 6.07.